The Morgan fingerprint density at radius 1 is 1.06 bits per heavy atom. The van der Waals surface area contributed by atoms with E-state index < -0.39 is 10.1 Å². The van der Waals surface area contributed by atoms with Crippen LogP contribution in [0.4, 0.5) is 5.69 Å². The predicted octanol–water partition coefficient (Wildman–Crippen LogP) is 3.19. The molecule has 10 heteroatoms. The van der Waals surface area contributed by atoms with Crippen LogP contribution in [0.1, 0.15) is 32.8 Å². The first-order chi connectivity index (χ1) is 15.6. The Morgan fingerprint density at radius 2 is 1.73 bits per heavy atom. The number of benzene rings is 2. The Balaban J connectivity index is 2.31. The monoisotopic (exact) mass is 478 g/mol. The molecule has 1 atom stereocenters. The first-order valence-electron chi connectivity index (χ1n) is 10.4. The van der Waals surface area contributed by atoms with Gasteiger partial charge in [-0.25, -0.2) is 0 Å². The van der Waals surface area contributed by atoms with Gasteiger partial charge in [0.15, 0.2) is 11.5 Å². The molecule has 9 nitrogen and oxygen atoms in total. The van der Waals surface area contributed by atoms with Crippen LogP contribution >= 0.6 is 0 Å². The van der Waals surface area contributed by atoms with Gasteiger partial charge in [-0.1, -0.05) is 13.0 Å². The number of carbonyl (C=O) groups excluding carboxylic acids is 2. The molecule has 0 aliphatic heterocycles. The number of carbonyl (C=O) groups is 2. The van der Waals surface area contributed by atoms with Crippen LogP contribution in [0.3, 0.4) is 0 Å². The topological polar surface area (TPSA) is 111 Å². The van der Waals surface area contributed by atoms with Crippen molar-refractivity contribution in [2.24, 2.45) is 0 Å². The van der Waals surface area contributed by atoms with E-state index in [-0.39, 0.29) is 47.4 Å². The first-order valence-corrected chi connectivity index (χ1v) is 11.8. The second-order valence-electron chi connectivity index (χ2n) is 7.44. The summed E-state index contributed by atoms with van der Waals surface area (Å²) in [6.45, 7) is 5.47. The molecule has 0 bridgehead atoms. The Labute approximate surface area is 194 Å². The Morgan fingerprint density at radius 3 is 2.27 bits per heavy atom. The van der Waals surface area contributed by atoms with E-state index in [1.165, 1.54) is 51.5 Å². The van der Waals surface area contributed by atoms with E-state index in [4.69, 9.17) is 13.7 Å². The molecule has 0 saturated carbocycles. The van der Waals surface area contributed by atoms with Crippen molar-refractivity contribution < 1.29 is 31.7 Å². The molecule has 2 aromatic rings. The number of rotatable bonds is 11. The van der Waals surface area contributed by atoms with Crippen molar-refractivity contribution in [2.45, 2.75) is 44.7 Å². The Kier molecular flexibility index (Phi) is 9.24. The maximum atomic E-state index is 12.8. The van der Waals surface area contributed by atoms with E-state index in [0.29, 0.717) is 11.3 Å². The van der Waals surface area contributed by atoms with Gasteiger partial charge in [-0.2, -0.15) is 8.42 Å². The van der Waals surface area contributed by atoms with Crippen molar-refractivity contribution in [1.29, 1.82) is 0 Å². The maximum absolute atomic E-state index is 12.8. The second kappa shape index (κ2) is 11.7. The molecule has 0 radical (unpaired) electrons. The third-order valence-electron chi connectivity index (χ3n) is 4.95. The van der Waals surface area contributed by atoms with Crippen molar-refractivity contribution in [3.63, 3.8) is 0 Å². The molecular formula is C23H30N2O7S. The highest BCUT2D eigenvalue weighted by Gasteiger charge is 2.22. The lowest BCUT2D eigenvalue weighted by molar-refractivity contribution is -0.138. The van der Waals surface area contributed by atoms with Crippen LogP contribution in [-0.2, 0) is 31.0 Å². The van der Waals surface area contributed by atoms with E-state index in [1.54, 1.807) is 17.0 Å². The number of ether oxygens (including phenoxy) is 2. The lowest BCUT2D eigenvalue weighted by atomic mass is 10.1. The summed E-state index contributed by atoms with van der Waals surface area (Å²) in [7, 11) is -1.31. The van der Waals surface area contributed by atoms with Crippen LogP contribution < -0.4 is 14.2 Å². The van der Waals surface area contributed by atoms with Gasteiger partial charge in [-0.3, -0.25) is 9.59 Å². The molecule has 0 aliphatic rings. The molecule has 33 heavy (non-hydrogen) atoms. The van der Waals surface area contributed by atoms with Gasteiger partial charge < -0.3 is 23.9 Å². The summed E-state index contributed by atoms with van der Waals surface area (Å²) in [5, 5.41) is 2.57. The number of amides is 2. The zero-order chi connectivity index (χ0) is 24.6. The molecule has 1 unspecified atom stereocenters. The quantitative estimate of drug-likeness (QED) is 0.494. The number of methoxy groups -OCH3 is 2. The molecule has 2 amide bonds. The molecule has 2 aromatic carbocycles. The van der Waals surface area contributed by atoms with E-state index in [1.807, 2.05) is 13.8 Å². The van der Waals surface area contributed by atoms with Crippen molar-refractivity contribution >= 4 is 27.6 Å². The Bertz CT molecular complexity index is 1070. The third kappa shape index (κ3) is 7.19. The van der Waals surface area contributed by atoms with Crippen LogP contribution in [0.25, 0.3) is 0 Å². The van der Waals surface area contributed by atoms with E-state index in [2.05, 4.69) is 5.32 Å². The normalized spacial score (nSPS) is 12.0. The Hall–Kier alpha value is -3.11. The average molecular weight is 479 g/mol. The molecule has 0 aromatic heterocycles. The molecule has 0 spiro atoms. The summed E-state index contributed by atoms with van der Waals surface area (Å²) in [4.78, 5) is 25.2. The largest absolute Gasteiger partial charge is 0.493 e. The number of nitrogens with one attached hydrogen (secondary N) is 1. The molecule has 1 N–H and O–H groups in total. The van der Waals surface area contributed by atoms with Gasteiger partial charge in [0.25, 0.3) is 0 Å². The van der Waals surface area contributed by atoms with Gasteiger partial charge in [-0.05, 0) is 55.3 Å². The zero-order valence-electron chi connectivity index (χ0n) is 19.5. The summed E-state index contributed by atoms with van der Waals surface area (Å²) in [5.41, 5.74) is 1.14. The van der Waals surface area contributed by atoms with Crippen LogP contribution in [0, 0.1) is 0 Å². The van der Waals surface area contributed by atoms with Gasteiger partial charge in [0.1, 0.15) is 11.5 Å². The fraction of sp³-hybridized carbons (Fsp3) is 0.391. The lowest BCUT2D eigenvalue weighted by Gasteiger charge is -2.28. The highest BCUT2D eigenvalue weighted by Crippen LogP contribution is 2.32. The minimum atomic E-state index is -4.18. The van der Waals surface area contributed by atoms with Gasteiger partial charge in [0.2, 0.25) is 11.8 Å². The molecule has 180 valence electrons. The SMILES string of the molecule is CCC(C)N(Cc1ccc(OC)c(OS(=O)(=O)c2ccc(NC(C)=O)cc2)c1)C(=O)COC. The summed E-state index contributed by atoms with van der Waals surface area (Å²) in [6.07, 6.45) is 0.748. The van der Waals surface area contributed by atoms with Crippen molar-refractivity contribution in [3.8, 4) is 11.5 Å². The van der Waals surface area contributed by atoms with E-state index >= 15 is 0 Å². The molecular weight excluding hydrogens is 448 g/mol. The highest BCUT2D eigenvalue weighted by molar-refractivity contribution is 7.87. The molecule has 0 fully saturated rings. The van der Waals surface area contributed by atoms with Crippen LogP contribution in [-0.4, -0.2) is 52.0 Å². The van der Waals surface area contributed by atoms with Gasteiger partial charge in [0, 0.05) is 32.3 Å². The first kappa shape index (κ1) is 26.1. The second-order valence-corrected chi connectivity index (χ2v) is 8.99. The van der Waals surface area contributed by atoms with Crippen molar-refractivity contribution in [3.05, 3.63) is 48.0 Å². The van der Waals surface area contributed by atoms with Gasteiger partial charge in [0.05, 0.1) is 7.11 Å². The van der Waals surface area contributed by atoms with Crippen molar-refractivity contribution in [1.82, 2.24) is 4.90 Å². The fourth-order valence-electron chi connectivity index (χ4n) is 3.07. The third-order valence-corrected chi connectivity index (χ3v) is 6.20. The summed E-state index contributed by atoms with van der Waals surface area (Å²) in [5.74, 6) is -0.199. The minimum Gasteiger partial charge on any atom is -0.493 e. The van der Waals surface area contributed by atoms with Gasteiger partial charge in [-0.15, -0.1) is 0 Å². The summed E-state index contributed by atoms with van der Waals surface area (Å²) >= 11 is 0. The van der Waals surface area contributed by atoms with Crippen molar-refractivity contribution in [2.75, 3.05) is 26.1 Å². The summed E-state index contributed by atoms with van der Waals surface area (Å²) < 4.78 is 41.3. The minimum absolute atomic E-state index is 0.00392. The average Bonchev–Trinajstić information content (AvgIpc) is 2.77. The smallest absolute Gasteiger partial charge is 0.339 e. The molecule has 0 aliphatic carbocycles. The van der Waals surface area contributed by atoms with Gasteiger partial charge >= 0.3 is 10.1 Å². The van der Waals surface area contributed by atoms with E-state index in [0.717, 1.165) is 6.42 Å². The number of hydrogen-bond acceptors (Lipinski definition) is 7. The molecule has 2 rings (SSSR count). The fourth-order valence-corrected chi connectivity index (χ4v) is 4.00. The van der Waals surface area contributed by atoms with Crippen LogP contribution in [0.5, 0.6) is 11.5 Å². The molecule has 0 heterocycles. The van der Waals surface area contributed by atoms with Crippen LogP contribution in [0.15, 0.2) is 47.4 Å². The zero-order valence-corrected chi connectivity index (χ0v) is 20.3. The number of nitrogens with zero attached hydrogens (tertiary/aromatic N) is 1. The number of anilines is 1. The molecule has 0 saturated heterocycles. The predicted molar refractivity (Wildman–Crippen MR) is 124 cm³/mol. The number of hydrogen-bond donors (Lipinski definition) is 1. The standard InChI is InChI=1S/C23H30N2O7S/c1-6-16(2)25(23(27)15-30-4)14-18-7-12-21(31-5)22(13-18)32-33(28,29)20-10-8-19(9-11-20)24-17(3)26/h7-13,16H,6,14-15H2,1-5H3,(H,24,26). The van der Waals surface area contributed by atoms with Crippen LogP contribution in [0.2, 0.25) is 0 Å². The highest BCUT2D eigenvalue weighted by atomic mass is 32.2. The summed E-state index contributed by atoms with van der Waals surface area (Å²) in [6, 6.07) is 10.5. The lowest BCUT2D eigenvalue weighted by Crippen LogP contribution is -2.39. The van der Waals surface area contributed by atoms with E-state index in [9.17, 15) is 18.0 Å². The maximum Gasteiger partial charge on any atom is 0.339 e.